The molecule has 0 aromatic heterocycles. The summed E-state index contributed by atoms with van der Waals surface area (Å²) in [5.74, 6) is 0. The van der Waals surface area contributed by atoms with Gasteiger partial charge in [-0.05, 0) is 51.0 Å². The molecule has 1 aliphatic heterocycles. The van der Waals surface area contributed by atoms with Gasteiger partial charge in [0, 0.05) is 12.6 Å². The van der Waals surface area contributed by atoms with Gasteiger partial charge >= 0.3 is 0 Å². The van der Waals surface area contributed by atoms with Crippen molar-refractivity contribution in [1.29, 1.82) is 0 Å². The van der Waals surface area contributed by atoms with Gasteiger partial charge in [0.15, 0.2) is 0 Å². The van der Waals surface area contributed by atoms with Crippen molar-refractivity contribution in [2.24, 2.45) is 0 Å². The Bertz CT molecular complexity index is 568. The molecule has 2 atom stereocenters. The fraction of sp³-hybridized carbons (Fsp3) is 0.571. The van der Waals surface area contributed by atoms with Crippen molar-refractivity contribution in [3.8, 4) is 0 Å². The summed E-state index contributed by atoms with van der Waals surface area (Å²) in [6.07, 6.45) is -0.0740. The molecule has 1 fully saturated rings. The van der Waals surface area contributed by atoms with E-state index in [4.69, 9.17) is 4.74 Å². The summed E-state index contributed by atoms with van der Waals surface area (Å²) < 4.78 is 32.4. The van der Waals surface area contributed by atoms with E-state index in [9.17, 15) is 8.42 Å². The van der Waals surface area contributed by atoms with Gasteiger partial charge in [-0.1, -0.05) is 6.07 Å². The third kappa shape index (κ3) is 2.68. The second kappa shape index (κ2) is 5.23. The quantitative estimate of drug-likeness (QED) is 0.835. The Hall–Kier alpha value is -0.910. The Morgan fingerprint density at radius 1 is 1.21 bits per heavy atom. The van der Waals surface area contributed by atoms with E-state index in [-0.39, 0.29) is 12.1 Å². The minimum atomic E-state index is -3.43. The lowest BCUT2D eigenvalue weighted by atomic mass is 10.1. The number of sulfonamides is 1. The van der Waals surface area contributed by atoms with Crippen molar-refractivity contribution >= 4 is 10.0 Å². The van der Waals surface area contributed by atoms with E-state index in [0.29, 0.717) is 18.0 Å². The molecule has 1 aromatic carbocycles. The molecule has 5 heteroatoms. The summed E-state index contributed by atoms with van der Waals surface area (Å²) in [5.41, 5.74) is 2.09. The predicted molar refractivity (Wildman–Crippen MR) is 74.7 cm³/mol. The highest BCUT2D eigenvalue weighted by Crippen LogP contribution is 2.24. The Morgan fingerprint density at radius 3 is 2.53 bits per heavy atom. The van der Waals surface area contributed by atoms with Crippen molar-refractivity contribution in [3.05, 3.63) is 29.3 Å². The summed E-state index contributed by atoms with van der Waals surface area (Å²) in [6.45, 7) is 8.58. The molecule has 1 aliphatic rings. The molecule has 0 amide bonds. The van der Waals surface area contributed by atoms with Crippen molar-refractivity contribution in [1.82, 2.24) is 4.31 Å². The monoisotopic (exact) mass is 283 g/mol. The van der Waals surface area contributed by atoms with E-state index in [1.54, 1.807) is 16.4 Å². The lowest BCUT2D eigenvalue weighted by molar-refractivity contribution is -0.0232. The number of benzene rings is 1. The molecule has 0 aliphatic carbocycles. The molecule has 0 radical (unpaired) electrons. The smallest absolute Gasteiger partial charge is 0.243 e. The number of aryl methyl sites for hydroxylation is 2. The van der Waals surface area contributed by atoms with Gasteiger partial charge in [-0.2, -0.15) is 4.31 Å². The van der Waals surface area contributed by atoms with Crippen LogP contribution in [0.25, 0.3) is 0 Å². The predicted octanol–water partition coefficient (Wildman–Crippen LogP) is 2.10. The van der Waals surface area contributed by atoms with Crippen LogP contribution < -0.4 is 0 Å². The largest absolute Gasteiger partial charge is 0.375 e. The zero-order valence-electron chi connectivity index (χ0n) is 11.9. The van der Waals surface area contributed by atoms with Crippen LogP contribution in [0, 0.1) is 13.8 Å². The number of hydrogen-bond acceptors (Lipinski definition) is 3. The van der Waals surface area contributed by atoms with Crippen LogP contribution in [-0.4, -0.2) is 38.0 Å². The molecule has 2 unspecified atom stereocenters. The van der Waals surface area contributed by atoms with Crippen LogP contribution in [0.3, 0.4) is 0 Å². The van der Waals surface area contributed by atoms with Gasteiger partial charge in [0.25, 0.3) is 0 Å². The molecule has 19 heavy (non-hydrogen) atoms. The van der Waals surface area contributed by atoms with E-state index in [2.05, 4.69) is 0 Å². The van der Waals surface area contributed by atoms with Gasteiger partial charge in [0.05, 0.1) is 17.6 Å². The van der Waals surface area contributed by atoms with Crippen LogP contribution in [0.1, 0.15) is 25.0 Å². The third-order valence-corrected chi connectivity index (χ3v) is 5.89. The molecule has 0 N–H and O–H groups in total. The minimum Gasteiger partial charge on any atom is -0.375 e. The summed E-state index contributed by atoms with van der Waals surface area (Å²) in [4.78, 5) is 0.372. The Labute approximate surface area is 115 Å². The molecule has 1 heterocycles. The van der Waals surface area contributed by atoms with Crippen molar-refractivity contribution in [2.45, 2.75) is 44.7 Å². The fourth-order valence-corrected chi connectivity index (χ4v) is 4.02. The number of hydrogen-bond donors (Lipinski definition) is 0. The van der Waals surface area contributed by atoms with E-state index in [0.717, 1.165) is 11.1 Å². The van der Waals surface area contributed by atoms with Crippen molar-refractivity contribution in [2.75, 3.05) is 13.2 Å². The Kier molecular flexibility index (Phi) is 3.99. The first-order valence-corrected chi connectivity index (χ1v) is 7.98. The van der Waals surface area contributed by atoms with Crippen LogP contribution in [0.15, 0.2) is 23.1 Å². The number of rotatable bonds is 2. The first kappa shape index (κ1) is 14.5. The van der Waals surface area contributed by atoms with Gasteiger partial charge in [-0.3, -0.25) is 0 Å². The maximum atomic E-state index is 12.7. The normalized spacial score (nSPS) is 25.5. The first-order valence-electron chi connectivity index (χ1n) is 6.54. The summed E-state index contributed by atoms with van der Waals surface area (Å²) in [6, 6.07) is 5.15. The van der Waals surface area contributed by atoms with E-state index < -0.39 is 10.0 Å². The minimum absolute atomic E-state index is 0.0740. The lowest BCUT2D eigenvalue weighted by Gasteiger charge is -2.36. The highest BCUT2D eigenvalue weighted by atomic mass is 32.2. The maximum Gasteiger partial charge on any atom is 0.243 e. The first-order chi connectivity index (χ1) is 8.84. The molecule has 1 aromatic rings. The fourth-order valence-electron chi connectivity index (χ4n) is 2.25. The number of morpholine rings is 1. The molecule has 0 saturated carbocycles. The summed E-state index contributed by atoms with van der Waals surface area (Å²) in [5, 5.41) is 0. The van der Waals surface area contributed by atoms with Gasteiger partial charge in [0.1, 0.15) is 0 Å². The summed E-state index contributed by atoms with van der Waals surface area (Å²) in [7, 11) is -3.43. The molecule has 0 bridgehead atoms. The number of nitrogens with zero attached hydrogens (tertiary/aromatic N) is 1. The Balaban J connectivity index is 2.38. The summed E-state index contributed by atoms with van der Waals surface area (Å²) >= 11 is 0. The highest BCUT2D eigenvalue weighted by Gasteiger charge is 2.35. The SMILES string of the molecule is Cc1ccc(S(=O)(=O)N2CCOC(C)C2C)cc1C. The zero-order chi connectivity index (χ0) is 14.2. The highest BCUT2D eigenvalue weighted by molar-refractivity contribution is 7.89. The molecular weight excluding hydrogens is 262 g/mol. The molecular formula is C14H21NO3S. The average molecular weight is 283 g/mol. The van der Waals surface area contributed by atoms with Gasteiger partial charge < -0.3 is 4.74 Å². The molecule has 2 rings (SSSR count). The lowest BCUT2D eigenvalue weighted by Crippen LogP contribution is -2.51. The standard InChI is InChI=1S/C14H21NO3S/c1-10-5-6-14(9-11(10)2)19(16,17)15-7-8-18-13(4)12(15)3/h5-6,9,12-13H,7-8H2,1-4H3. The van der Waals surface area contributed by atoms with Crippen molar-refractivity contribution in [3.63, 3.8) is 0 Å². The van der Waals surface area contributed by atoms with Crippen molar-refractivity contribution < 1.29 is 13.2 Å². The van der Waals surface area contributed by atoms with Crippen LogP contribution in [-0.2, 0) is 14.8 Å². The zero-order valence-corrected chi connectivity index (χ0v) is 12.7. The van der Waals surface area contributed by atoms with Crippen LogP contribution in [0.2, 0.25) is 0 Å². The maximum absolute atomic E-state index is 12.7. The molecule has 0 spiro atoms. The van der Waals surface area contributed by atoms with E-state index in [1.165, 1.54) is 0 Å². The topological polar surface area (TPSA) is 46.6 Å². The molecule has 1 saturated heterocycles. The van der Waals surface area contributed by atoms with Gasteiger partial charge in [0.2, 0.25) is 10.0 Å². The van der Waals surface area contributed by atoms with Crippen LogP contribution in [0.5, 0.6) is 0 Å². The second-order valence-electron chi connectivity index (χ2n) is 5.18. The van der Waals surface area contributed by atoms with E-state index >= 15 is 0 Å². The molecule has 106 valence electrons. The Morgan fingerprint density at radius 2 is 1.89 bits per heavy atom. The van der Waals surface area contributed by atoms with Crippen LogP contribution >= 0.6 is 0 Å². The van der Waals surface area contributed by atoms with Crippen LogP contribution in [0.4, 0.5) is 0 Å². The number of ether oxygens (including phenoxy) is 1. The van der Waals surface area contributed by atoms with Gasteiger partial charge in [-0.25, -0.2) is 8.42 Å². The third-order valence-electron chi connectivity index (χ3n) is 3.91. The average Bonchev–Trinajstić information content (AvgIpc) is 2.35. The molecule has 4 nitrogen and oxygen atoms in total. The van der Waals surface area contributed by atoms with Gasteiger partial charge in [-0.15, -0.1) is 0 Å². The van der Waals surface area contributed by atoms with E-state index in [1.807, 2.05) is 33.8 Å². The second-order valence-corrected chi connectivity index (χ2v) is 7.07.